The number of ether oxygens (including phenoxy) is 7. The molecule has 0 aromatic heterocycles. The number of amides is 2. The summed E-state index contributed by atoms with van der Waals surface area (Å²) >= 11 is 4.21. The quantitative estimate of drug-likeness (QED) is 0.0334. The average Bonchev–Trinajstić information content (AvgIpc) is 3.22. The van der Waals surface area contributed by atoms with Crippen LogP contribution in [0.3, 0.4) is 0 Å². The molecule has 2 amide bonds. The Labute approximate surface area is 359 Å². The fraction of sp³-hybridized carbons (Fsp3) is 0.941. The first-order valence-corrected chi connectivity index (χ1v) is 20.0. The van der Waals surface area contributed by atoms with Crippen LogP contribution in [0.1, 0.15) is 26.7 Å². The van der Waals surface area contributed by atoms with Crippen molar-refractivity contribution < 1.29 is 124 Å². The van der Waals surface area contributed by atoms with Crippen LogP contribution in [0, 0.1) is 0 Å². The Morgan fingerprint density at radius 3 is 1.53 bits per heavy atom. The Balaban J connectivity index is 1.94. The fourth-order valence-electron chi connectivity index (χ4n) is 6.94. The lowest BCUT2D eigenvalue weighted by atomic mass is 9.94. The van der Waals surface area contributed by atoms with Crippen LogP contribution in [0.2, 0.25) is 0 Å². The maximum Gasteiger partial charge on any atom is 0.217 e. The second kappa shape index (κ2) is 25.3. The van der Waals surface area contributed by atoms with Gasteiger partial charge in [0.25, 0.3) is 0 Å². The first-order valence-electron chi connectivity index (χ1n) is 19.5. The Morgan fingerprint density at radius 2 is 1.03 bits per heavy atom. The minimum atomic E-state index is -2.52. The molecule has 3 fully saturated rings. The molecule has 364 valence electrons. The van der Waals surface area contributed by atoms with Gasteiger partial charge in [-0.2, -0.15) is 0 Å². The molecule has 23 atom stereocenters. The molecule has 0 radical (unpaired) electrons. The van der Waals surface area contributed by atoms with Gasteiger partial charge in [-0.3, -0.25) is 9.59 Å². The van der Waals surface area contributed by atoms with Crippen molar-refractivity contribution in [1.29, 1.82) is 0 Å². The molecule has 0 aromatic rings. The summed E-state index contributed by atoms with van der Waals surface area (Å²) in [5, 5.41) is 171. The number of aliphatic hydroxyl groups is 16. The summed E-state index contributed by atoms with van der Waals surface area (Å²) in [5.41, 5.74) is -1.14. The molecular formula is C34H62N2O25S. The topological polar surface area (TPSA) is 446 Å². The summed E-state index contributed by atoms with van der Waals surface area (Å²) in [4.78, 5) is 24.2. The smallest absolute Gasteiger partial charge is 0.217 e. The first kappa shape index (κ1) is 54.7. The number of rotatable bonds is 23. The fourth-order valence-corrected chi connectivity index (χ4v) is 7.34. The molecule has 3 heterocycles. The van der Waals surface area contributed by atoms with Gasteiger partial charge >= 0.3 is 0 Å². The van der Waals surface area contributed by atoms with Gasteiger partial charge in [-0.05, 0) is 12.8 Å². The predicted octanol–water partition coefficient (Wildman–Crippen LogP) is -10.7. The number of carbonyl (C=O) groups is 2. The molecule has 0 spiro atoms. The number of hydrogen-bond acceptors (Lipinski definition) is 26. The minimum absolute atomic E-state index is 0.415. The lowest BCUT2D eigenvalue weighted by molar-refractivity contribution is -0.370. The number of hydrogen-bond donors (Lipinski definition) is 19. The summed E-state index contributed by atoms with van der Waals surface area (Å²) in [6.07, 6.45) is -40.5. The average molecular weight is 931 g/mol. The van der Waals surface area contributed by atoms with E-state index in [1.807, 2.05) is 0 Å². The summed E-state index contributed by atoms with van der Waals surface area (Å²) in [5.74, 6) is -1.39. The highest BCUT2D eigenvalue weighted by Crippen LogP contribution is 2.34. The molecule has 62 heavy (non-hydrogen) atoms. The molecule has 18 N–H and O–H groups in total. The van der Waals surface area contributed by atoms with Crippen molar-refractivity contribution in [2.45, 2.75) is 167 Å². The second-order valence-electron chi connectivity index (χ2n) is 15.0. The van der Waals surface area contributed by atoms with Crippen LogP contribution in [-0.4, -0.2) is 267 Å². The zero-order chi connectivity index (χ0) is 46.7. The van der Waals surface area contributed by atoms with Crippen LogP contribution in [0.25, 0.3) is 0 Å². The van der Waals surface area contributed by atoms with Crippen molar-refractivity contribution in [3.05, 3.63) is 0 Å². The van der Waals surface area contributed by atoms with Gasteiger partial charge in [0.05, 0.1) is 38.1 Å². The maximum absolute atomic E-state index is 12.4. The van der Waals surface area contributed by atoms with E-state index in [1.165, 1.54) is 0 Å². The molecule has 23 unspecified atom stereocenters. The third-order valence-electron chi connectivity index (χ3n) is 10.3. The lowest BCUT2D eigenvalue weighted by Gasteiger charge is -2.50. The summed E-state index contributed by atoms with van der Waals surface area (Å²) in [6, 6.07) is -2.89. The molecule has 0 aromatic carbocycles. The Kier molecular flexibility index (Phi) is 22.3. The monoisotopic (exact) mass is 930 g/mol. The minimum Gasteiger partial charge on any atom is -0.396 e. The van der Waals surface area contributed by atoms with E-state index in [1.54, 1.807) is 0 Å². The van der Waals surface area contributed by atoms with Crippen molar-refractivity contribution in [3.8, 4) is 0 Å². The normalized spacial score (nSPS) is 38.2. The SMILES string of the molecule is CC(=O)NC1C(S)OC(CO)C(OC2OC(CO)C(OC3OC(COC(O)C(O)C(O)C(O)CCO)C(O)C(OC(O)C(O)C(O)C(O)CCO)C3O)C(O)C2NC(C)=O)C1O. The number of aliphatic hydroxyl groups excluding tert-OH is 16. The zero-order valence-electron chi connectivity index (χ0n) is 33.5. The van der Waals surface area contributed by atoms with E-state index in [0.717, 1.165) is 13.8 Å². The van der Waals surface area contributed by atoms with Crippen molar-refractivity contribution in [2.75, 3.05) is 33.0 Å². The first-order chi connectivity index (χ1) is 29.1. The van der Waals surface area contributed by atoms with Crippen LogP contribution >= 0.6 is 12.6 Å². The van der Waals surface area contributed by atoms with Crippen LogP contribution in [-0.2, 0) is 42.7 Å². The second-order valence-corrected chi connectivity index (χ2v) is 15.5. The van der Waals surface area contributed by atoms with Crippen LogP contribution in [0.5, 0.6) is 0 Å². The number of carbonyl (C=O) groups excluding carboxylic acids is 2. The van der Waals surface area contributed by atoms with E-state index in [0.29, 0.717) is 0 Å². The largest absolute Gasteiger partial charge is 0.396 e. The van der Waals surface area contributed by atoms with Crippen LogP contribution in [0.4, 0.5) is 0 Å². The number of nitrogens with one attached hydrogen (secondary N) is 2. The lowest BCUT2D eigenvalue weighted by Crippen LogP contribution is -2.70. The van der Waals surface area contributed by atoms with Gasteiger partial charge < -0.3 is 125 Å². The van der Waals surface area contributed by atoms with Crippen LogP contribution in [0.15, 0.2) is 0 Å². The van der Waals surface area contributed by atoms with E-state index in [9.17, 15) is 81.1 Å². The third kappa shape index (κ3) is 13.9. The van der Waals surface area contributed by atoms with Gasteiger partial charge in [-0.25, -0.2) is 0 Å². The highest BCUT2D eigenvalue weighted by Gasteiger charge is 2.55. The van der Waals surface area contributed by atoms with Gasteiger partial charge in [0.15, 0.2) is 25.2 Å². The molecule has 0 aliphatic carbocycles. The Hall–Kier alpha value is -1.63. The third-order valence-corrected chi connectivity index (χ3v) is 10.8. The van der Waals surface area contributed by atoms with Crippen molar-refractivity contribution in [1.82, 2.24) is 10.6 Å². The molecule has 0 saturated carbocycles. The Morgan fingerprint density at radius 1 is 0.581 bits per heavy atom. The molecule has 0 bridgehead atoms. The molecule has 3 aliphatic heterocycles. The molecule has 27 nitrogen and oxygen atoms in total. The summed E-state index contributed by atoms with van der Waals surface area (Å²) in [7, 11) is 0. The maximum atomic E-state index is 12.4. The van der Waals surface area contributed by atoms with E-state index in [-0.39, 0.29) is 0 Å². The molecule has 3 saturated heterocycles. The predicted molar refractivity (Wildman–Crippen MR) is 200 cm³/mol. The summed E-state index contributed by atoms with van der Waals surface area (Å²) < 4.78 is 39.4. The number of thiol groups is 1. The molecule has 3 rings (SSSR count). The van der Waals surface area contributed by atoms with Gasteiger partial charge in [0.1, 0.15) is 96.9 Å². The standard InChI is InChI=1S/C34H62N2O25S/c1-10(41)35-17-22(48)27(14(7-39)56-32(17)60-28-15(8-40)58-34(62)18(23(28)49)36-11(2)42)61-33-26(52)29(59-31(54)25(51)20(46)13(44)4-6-38)21(47)16(57-33)9-55-30(53)24(50)19(45)12(43)3-5-37/h12-34,37-40,43-54,62H,3-9H2,1-2H3,(H,35,41)(H,36,42). The zero-order valence-corrected chi connectivity index (χ0v) is 34.4. The van der Waals surface area contributed by atoms with Gasteiger partial charge in [-0.15, -0.1) is 12.6 Å². The van der Waals surface area contributed by atoms with E-state index >= 15 is 0 Å². The van der Waals surface area contributed by atoms with E-state index < -0.39 is 198 Å². The summed E-state index contributed by atoms with van der Waals surface area (Å²) in [6.45, 7) is -1.85. The molecule has 3 aliphatic rings. The highest BCUT2D eigenvalue weighted by molar-refractivity contribution is 7.80. The molecule has 28 heteroatoms. The molecular weight excluding hydrogens is 868 g/mol. The van der Waals surface area contributed by atoms with Gasteiger partial charge in [0.2, 0.25) is 11.8 Å². The van der Waals surface area contributed by atoms with Gasteiger partial charge in [-0.1, -0.05) is 0 Å². The van der Waals surface area contributed by atoms with E-state index in [2.05, 4.69) is 23.3 Å². The van der Waals surface area contributed by atoms with Crippen molar-refractivity contribution in [2.24, 2.45) is 0 Å². The van der Waals surface area contributed by atoms with Gasteiger partial charge in [0, 0.05) is 27.1 Å². The van der Waals surface area contributed by atoms with Crippen molar-refractivity contribution in [3.63, 3.8) is 0 Å². The van der Waals surface area contributed by atoms with Crippen LogP contribution < -0.4 is 10.6 Å². The Bertz CT molecular complexity index is 1350. The van der Waals surface area contributed by atoms with E-state index in [4.69, 9.17) is 43.4 Å². The van der Waals surface area contributed by atoms with Crippen molar-refractivity contribution >= 4 is 24.4 Å². The highest BCUT2D eigenvalue weighted by atomic mass is 32.1.